The minimum Gasteiger partial charge on any atom is -0.265 e. The largest absolute Gasteiger partial charge is 0.265 e. The van der Waals surface area contributed by atoms with Gasteiger partial charge in [0, 0.05) is 91.4 Å². The molecule has 7 rings (SSSR count). The molecule has 7 heterocycles. The molecule has 0 amide bonds. The van der Waals surface area contributed by atoms with Crippen molar-refractivity contribution in [2.75, 3.05) is 0 Å². The van der Waals surface area contributed by atoms with E-state index in [9.17, 15) is 0 Å². The summed E-state index contributed by atoms with van der Waals surface area (Å²) in [4.78, 5) is 47.8. The molecule has 0 bridgehead atoms. The molecular formula is C52H76N12. The first-order valence-corrected chi connectivity index (χ1v) is 21.7. The van der Waals surface area contributed by atoms with E-state index in [1.54, 1.807) is 49.7 Å². The fourth-order valence-electron chi connectivity index (χ4n) is 4.59. The lowest BCUT2D eigenvalue weighted by atomic mass is 10.1. The summed E-state index contributed by atoms with van der Waals surface area (Å²) in [6, 6.07) is 17.9. The van der Waals surface area contributed by atoms with Gasteiger partial charge in [-0.3, -0.25) is 24.9 Å². The molecule has 0 unspecified atom stereocenters. The van der Waals surface area contributed by atoms with Crippen molar-refractivity contribution in [3.63, 3.8) is 0 Å². The number of aromatic nitrogens is 12. The average Bonchev–Trinajstić information content (AvgIpc) is 3.32. The summed E-state index contributed by atoms with van der Waals surface area (Å²) in [7, 11) is 0. The Morgan fingerprint density at radius 3 is 1.11 bits per heavy atom. The summed E-state index contributed by atoms with van der Waals surface area (Å²) in [6.07, 6.45) is 24.3. The van der Waals surface area contributed by atoms with Crippen molar-refractivity contribution in [2.24, 2.45) is 0 Å². The number of pyridine rings is 3. The first-order valence-electron chi connectivity index (χ1n) is 21.7. The van der Waals surface area contributed by atoms with Gasteiger partial charge in [-0.05, 0) is 83.2 Å². The second-order valence-corrected chi connectivity index (χ2v) is 16.3. The van der Waals surface area contributed by atoms with E-state index in [1.165, 1.54) is 23.8 Å². The summed E-state index contributed by atoms with van der Waals surface area (Å²) >= 11 is 0. The monoisotopic (exact) mass is 869 g/mol. The van der Waals surface area contributed by atoms with Crippen LogP contribution in [-0.4, -0.2) is 59.8 Å². The van der Waals surface area contributed by atoms with Crippen molar-refractivity contribution >= 4 is 0 Å². The quantitative estimate of drug-likeness (QED) is 0.150. The molecule has 7 aromatic rings. The van der Waals surface area contributed by atoms with Crippen LogP contribution in [0.4, 0.5) is 0 Å². The maximum atomic E-state index is 4.18. The van der Waals surface area contributed by atoms with E-state index in [0.29, 0.717) is 41.4 Å². The first-order chi connectivity index (χ1) is 30.1. The van der Waals surface area contributed by atoms with Gasteiger partial charge in [-0.2, -0.15) is 0 Å². The second-order valence-electron chi connectivity index (χ2n) is 16.3. The molecular weight excluding hydrogens is 793 g/mol. The van der Waals surface area contributed by atoms with Crippen LogP contribution in [0, 0.1) is 0 Å². The van der Waals surface area contributed by atoms with Crippen molar-refractivity contribution in [3.8, 4) is 0 Å². The lowest BCUT2D eigenvalue weighted by Crippen LogP contribution is -1.95. The third-order valence-corrected chi connectivity index (χ3v) is 8.51. The van der Waals surface area contributed by atoms with Gasteiger partial charge in [0.2, 0.25) is 0 Å². The Kier molecular flexibility index (Phi) is 31.7. The zero-order valence-electron chi connectivity index (χ0n) is 40.2. The number of hydrogen-bond acceptors (Lipinski definition) is 12. The molecule has 0 atom stereocenters. The molecule has 344 valence electrons. The Balaban J connectivity index is 0.000000722. The zero-order valence-corrected chi connectivity index (χ0v) is 40.2. The van der Waals surface area contributed by atoms with E-state index in [-0.39, 0.29) is 7.43 Å². The summed E-state index contributed by atoms with van der Waals surface area (Å²) in [5, 5.41) is 0. The molecule has 0 aromatic carbocycles. The third-order valence-electron chi connectivity index (χ3n) is 8.51. The van der Waals surface area contributed by atoms with Gasteiger partial charge < -0.3 is 0 Å². The summed E-state index contributed by atoms with van der Waals surface area (Å²) in [5.41, 5.74) is 5.97. The highest BCUT2D eigenvalue weighted by molar-refractivity contribution is 5.14. The van der Waals surface area contributed by atoms with Crippen LogP contribution in [0.5, 0.6) is 0 Å². The van der Waals surface area contributed by atoms with Crippen LogP contribution in [0.25, 0.3) is 0 Å². The van der Waals surface area contributed by atoms with Crippen LogP contribution < -0.4 is 0 Å². The molecule has 0 saturated carbocycles. The van der Waals surface area contributed by atoms with Gasteiger partial charge in [0.15, 0.2) is 0 Å². The van der Waals surface area contributed by atoms with Gasteiger partial charge in [-0.1, -0.05) is 116 Å². The Morgan fingerprint density at radius 2 is 0.781 bits per heavy atom. The van der Waals surface area contributed by atoms with Gasteiger partial charge in [0.05, 0.1) is 5.69 Å². The van der Waals surface area contributed by atoms with Crippen LogP contribution in [0.15, 0.2) is 142 Å². The van der Waals surface area contributed by atoms with Crippen LogP contribution in [0.1, 0.15) is 186 Å². The zero-order chi connectivity index (χ0) is 46.8. The van der Waals surface area contributed by atoms with E-state index in [2.05, 4.69) is 163 Å². The highest BCUT2D eigenvalue weighted by Crippen LogP contribution is 2.12. The normalized spacial score (nSPS) is 9.95. The van der Waals surface area contributed by atoms with E-state index in [4.69, 9.17) is 0 Å². The highest BCUT2D eigenvalue weighted by atomic mass is 15.0. The molecule has 0 radical (unpaired) electrons. The second kappa shape index (κ2) is 35.2. The maximum Gasteiger partial charge on any atom is 0.134 e. The summed E-state index contributed by atoms with van der Waals surface area (Å²) in [6.45, 7) is 29.7. The molecule has 64 heavy (non-hydrogen) atoms. The topological polar surface area (TPSA) is 155 Å². The molecule has 12 nitrogen and oxygen atoms in total. The smallest absolute Gasteiger partial charge is 0.134 e. The number of nitrogens with zero attached hydrogens (tertiary/aromatic N) is 12. The van der Waals surface area contributed by atoms with E-state index < -0.39 is 0 Å². The van der Waals surface area contributed by atoms with Gasteiger partial charge in [0.25, 0.3) is 0 Å². The minimum absolute atomic E-state index is 0. The van der Waals surface area contributed by atoms with E-state index in [1.807, 2.05) is 73.3 Å². The van der Waals surface area contributed by atoms with Gasteiger partial charge in [0.1, 0.15) is 30.6 Å². The Morgan fingerprint density at radius 1 is 0.281 bits per heavy atom. The first kappa shape index (κ1) is 57.7. The van der Waals surface area contributed by atoms with Gasteiger partial charge in [-0.25, -0.2) is 34.9 Å². The van der Waals surface area contributed by atoms with Crippen LogP contribution in [0.3, 0.4) is 0 Å². The molecule has 12 heteroatoms. The number of hydrogen-bond donors (Lipinski definition) is 0. The van der Waals surface area contributed by atoms with Crippen LogP contribution in [-0.2, 0) is 0 Å². The lowest BCUT2D eigenvalue weighted by Gasteiger charge is -2.01. The van der Waals surface area contributed by atoms with Gasteiger partial charge >= 0.3 is 0 Å². The fourth-order valence-corrected chi connectivity index (χ4v) is 4.59. The van der Waals surface area contributed by atoms with E-state index in [0.717, 1.165) is 28.7 Å². The van der Waals surface area contributed by atoms with Crippen LogP contribution in [0.2, 0.25) is 0 Å². The molecule has 0 fully saturated rings. The van der Waals surface area contributed by atoms with Crippen LogP contribution >= 0.6 is 0 Å². The predicted octanol–water partition coefficient (Wildman–Crippen LogP) is 13.0. The molecule has 7 aromatic heterocycles. The van der Waals surface area contributed by atoms with Crippen molar-refractivity contribution in [2.45, 2.75) is 146 Å². The highest BCUT2D eigenvalue weighted by Gasteiger charge is 2.00. The molecule has 0 spiro atoms. The number of rotatable bonds is 7. The predicted molar refractivity (Wildman–Crippen MR) is 264 cm³/mol. The lowest BCUT2D eigenvalue weighted by molar-refractivity contribution is 0.759. The van der Waals surface area contributed by atoms with Gasteiger partial charge in [-0.15, -0.1) is 0 Å². The molecule has 0 saturated heterocycles. The standard InChI is InChI=1S/3C8H11N.3C7H10N2.C6H9N3.CH4/c1-7(2)8-3-5-9-6-4-8;1-7(2)8-4-3-5-9-6-8;1-7(2)8-5-3-4-6-9-8;1-6(2)7-5-8-3-4-9-7;1-6(2)7-3-4-8-5-9-7;1-6(2)7-8-4-3-5-9-7;1-5(2)6-8-3-7-4-9-6;/h3*3-7H,1-2H3;3*3-6H,1-2H3;3-5H,1-2H3;1H4. The summed E-state index contributed by atoms with van der Waals surface area (Å²) in [5.74, 6) is 5.35. The van der Waals surface area contributed by atoms with Crippen molar-refractivity contribution in [1.82, 2.24) is 59.8 Å². The van der Waals surface area contributed by atoms with Crippen molar-refractivity contribution in [1.29, 1.82) is 0 Å². The van der Waals surface area contributed by atoms with E-state index >= 15 is 0 Å². The minimum atomic E-state index is 0. The fraction of sp³-hybridized carbons (Fsp3) is 0.423. The Hall–Kier alpha value is -6.30. The maximum absolute atomic E-state index is 4.18. The molecule has 0 aliphatic heterocycles. The molecule has 0 aliphatic rings. The molecule has 0 aliphatic carbocycles. The van der Waals surface area contributed by atoms with Crippen molar-refractivity contribution in [3.05, 3.63) is 182 Å². The van der Waals surface area contributed by atoms with Crippen molar-refractivity contribution < 1.29 is 0 Å². The SMILES string of the molecule is C.CC(C)c1ccccn1.CC(C)c1cccnc1.CC(C)c1ccncc1.CC(C)c1ccncn1.CC(C)c1cnccn1.CC(C)c1ncccn1.CC(C)c1ncncn1. The Bertz CT molecular complexity index is 1610. The Labute approximate surface area is 385 Å². The molecule has 0 N–H and O–H groups in total. The average molecular weight is 869 g/mol. The third kappa shape index (κ3) is 27.6. The summed E-state index contributed by atoms with van der Waals surface area (Å²) < 4.78 is 0.